The van der Waals surface area contributed by atoms with Crippen molar-refractivity contribution in [2.24, 2.45) is 0 Å². The van der Waals surface area contributed by atoms with Crippen molar-refractivity contribution < 1.29 is 0 Å². The second-order valence-electron chi connectivity index (χ2n) is 5.45. The first kappa shape index (κ1) is 16.9. The van der Waals surface area contributed by atoms with Crippen LogP contribution in [0.1, 0.15) is 5.56 Å². The van der Waals surface area contributed by atoms with Crippen LogP contribution in [0.4, 0.5) is 0 Å². The van der Waals surface area contributed by atoms with E-state index in [4.69, 9.17) is 0 Å². The van der Waals surface area contributed by atoms with Crippen molar-refractivity contribution in [3.63, 3.8) is 0 Å². The van der Waals surface area contributed by atoms with Crippen molar-refractivity contribution in [1.29, 1.82) is 0 Å². The smallest absolute Gasteiger partial charge is 0.196 e. The van der Waals surface area contributed by atoms with Crippen LogP contribution in [0.15, 0.2) is 82.8 Å². The van der Waals surface area contributed by atoms with E-state index >= 15 is 0 Å². The summed E-state index contributed by atoms with van der Waals surface area (Å²) in [5.74, 6) is 1.46. The minimum atomic E-state index is 0.680. The second-order valence-corrected chi connectivity index (χ2v) is 7.24. The predicted molar refractivity (Wildman–Crippen MR) is 106 cm³/mol. The molecule has 7 heteroatoms. The molecule has 4 rings (SSSR count). The van der Waals surface area contributed by atoms with Crippen LogP contribution in [0.25, 0.3) is 17.2 Å². The van der Waals surface area contributed by atoms with Gasteiger partial charge in [0, 0.05) is 28.3 Å². The van der Waals surface area contributed by atoms with Gasteiger partial charge in [-0.2, -0.15) is 0 Å². The molecule has 5 nitrogen and oxygen atoms in total. The summed E-state index contributed by atoms with van der Waals surface area (Å²) in [6.45, 7) is 0. The van der Waals surface area contributed by atoms with Crippen molar-refractivity contribution in [2.45, 2.75) is 10.9 Å². The van der Waals surface area contributed by atoms with Crippen molar-refractivity contribution in [3.8, 4) is 17.2 Å². The average molecular weight is 424 g/mol. The Bertz CT molecular complexity index is 1000. The molecule has 0 aliphatic rings. The number of rotatable bonds is 5. The van der Waals surface area contributed by atoms with Gasteiger partial charge < -0.3 is 0 Å². The van der Waals surface area contributed by atoms with Gasteiger partial charge in [-0.15, -0.1) is 10.2 Å². The summed E-state index contributed by atoms with van der Waals surface area (Å²) in [5, 5.41) is 9.59. The van der Waals surface area contributed by atoms with Gasteiger partial charge in [0.2, 0.25) is 0 Å². The van der Waals surface area contributed by atoms with Crippen molar-refractivity contribution in [3.05, 3.63) is 83.2 Å². The third-order valence-corrected chi connectivity index (χ3v) is 5.51. The second kappa shape index (κ2) is 7.80. The van der Waals surface area contributed by atoms with E-state index < -0.39 is 0 Å². The molecule has 0 N–H and O–H groups in total. The molecule has 128 valence electrons. The Morgan fingerprint density at radius 3 is 2.50 bits per heavy atom. The minimum absolute atomic E-state index is 0.680. The van der Waals surface area contributed by atoms with E-state index in [2.05, 4.69) is 42.2 Å². The number of hydrogen-bond donors (Lipinski definition) is 0. The minimum Gasteiger partial charge on any atom is -0.269 e. The van der Waals surface area contributed by atoms with Crippen LogP contribution in [-0.4, -0.2) is 24.7 Å². The van der Waals surface area contributed by atoms with Crippen LogP contribution in [-0.2, 0) is 5.75 Å². The van der Waals surface area contributed by atoms with Crippen LogP contribution < -0.4 is 0 Å². The Hall–Kier alpha value is -2.51. The molecule has 0 amide bonds. The fourth-order valence-corrected chi connectivity index (χ4v) is 4.08. The highest BCUT2D eigenvalue weighted by molar-refractivity contribution is 9.10. The van der Waals surface area contributed by atoms with Gasteiger partial charge in [-0.25, -0.2) is 4.98 Å². The first-order valence-corrected chi connectivity index (χ1v) is 9.74. The maximum atomic E-state index is 4.41. The van der Waals surface area contributed by atoms with E-state index in [1.54, 1.807) is 30.4 Å². The SMILES string of the molecule is Brc1ccccc1CSc1nnc(-c2cnccn2)n1-c1ccccc1. The van der Waals surface area contributed by atoms with Crippen LogP contribution in [0.5, 0.6) is 0 Å². The summed E-state index contributed by atoms with van der Waals surface area (Å²) in [6, 6.07) is 18.2. The van der Waals surface area contributed by atoms with E-state index in [1.807, 2.05) is 53.1 Å². The molecule has 0 fully saturated rings. The van der Waals surface area contributed by atoms with E-state index in [0.717, 1.165) is 21.1 Å². The highest BCUT2D eigenvalue weighted by Gasteiger charge is 2.17. The van der Waals surface area contributed by atoms with Gasteiger partial charge in [-0.3, -0.25) is 9.55 Å². The molecule has 0 unspecified atom stereocenters. The molecule has 0 saturated carbocycles. The molecular formula is C19H14BrN5S. The molecule has 0 spiro atoms. The lowest BCUT2D eigenvalue weighted by Crippen LogP contribution is -2.01. The molecular weight excluding hydrogens is 410 g/mol. The van der Waals surface area contributed by atoms with E-state index in [1.165, 1.54) is 5.56 Å². The van der Waals surface area contributed by atoms with Crippen molar-refractivity contribution >= 4 is 27.7 Å². The lowest BCUT2D eigenvalue weighted by Gasteiger charge is -2.10. The van der Waals surface area contributed by atoms with Gasteiger partial charge in [0.15, 0.2) is 11.0 Å². The third kappa shape index (κ3) is 3.54. The van der Waals surface area contributed by atoms with Gasteiger partial charge in [-0.1, -0.05) is 64.1 Å². The number of benzene rings is 2. The van der Waals surface area contributed by atoms with E-state index in [-0.39, 0.29) is 0 Å². The van der Waals surface area contributed by atoms with Gasteiger partial charge in [0.25, 0.3) is 0 Å². The number of para-hydroxylation sites is 1. The summed E-state index contributed by atoms with van der Waals surface area (Å²) in [5.41, 5.74) is 2.89. The Balaban J connectivity index is 1.73. The number of halogens is 1. The zero-order valence-corrected chi connectivity index (χ0v) is 16.1. The van der Waals surface area contributed by atoms with Crippen molar-refractivity contribution in [1.82, 2.24) is 24.7 Å². The highest BCUT2D eigenvalue weighted by atomic mass is 79.9. The number of hydrogen-bond acceptors (Lipinski definition) is 5. The third-order valence-electron chi connectivity index (χ3n) is 3.75. The standard InChI is InChI=1S/C19H14BrN5S/c20-16-9-5-4-6-14(16)13-26-19-24-23-18(17-12-21-10-11-22-17)25(19)15-7-2-1-3-8-15/h1-12H,13H2. The Kier molecular flexibility index (Phi) is 5.08. The Morgan fingerprint density at radius 1 is 0.923 bits per heavy atom. The van der Waals surface area contributed by atoms with Gasteiger partial charge in [-0.05, 0) is 23.8 Å². The number of aromatic nitrogens is 5. The van der Waals surface area contributed by atoms with Crippen LogP contribution in [0, 0.1) is 0 Å². The van der Waals surface area contributed by atoms with Crippen LogP contribution >= 0.6 is 27.7 Å². The first-order valence-electron chi connectivity index (χ1n) is 7.96. The summed E-state index contributed by atoms with van der Waals surface area (Å²) in [6.07, 6.45) is 5.01. The Labute approximate surface area is 163 Å². The molecule has 0 aliphatic heterocycles. The number of thioether (sulfide) groups is 1. The van der Waals surface area contributed by atoms with E-state index in [9.17, 15) is 0 Å². The molecule has 0 aliphatic carbocycles. The van der Waals surface area contributed by atoms with Crippen LogP contribution in [0.2, 0.25) is 0 Å². The first-order chi connectivity index (χ1) is 12.8. The van der Waals surface area contributed by atoms with Gasteiger partial charge in [0.1, 0.15) is 5.69 Å². The molecule has 0 saturated heterocycles. The molecule has 2 heterocycles. The monoisotopic (exact) mass is 423 g/mol. The molecule has 0 atom stereocenters. The molecule has 2 aromatic heterocycles. The number of nitrogens with zero attached hydrogens (tertiary/aromatic N) is 5. The lowest BCUT2D eigenvalue weighted by atomic mass is 10.2. The predicted octanol–water partition coefficient (Wildman–Crippen LogP) is 4.78. The topological polar surface area (TPSA) is 56.5 Å². The largest absolute Gasteiger partial charge is 0.269 e. The quantitative estimate of drug-likeness (QED) is 0.432. The molecule has 0 bridgehead atoms. The van der Waals surface area contributed by atoms with Crippen molar-refractivity contribution in [2.75, 3.05) is 0 Å². The van der Waals surface area contributed by atoms with Crippen LogP contribution in [0.3, 0.4) is 0 Å². The van der Waals surface area contributed by atoms with Gasteiger partial charge >= 0.3 is 0 Å². The molecule has 0 radical (unpaired) electrons. The Morgan fingerprint density at radius 2 is 1.73 bits per heavy atom. The summed E-state index contributed by atoms with van der Waals surface area (Å²) < 4.78 is 3.11. The van der Waals surface area contributed by atoms with Gasteiger partial charge in [0.05, 0.1) is 6.20 Å². The maximum absolute atomic E-state index is 4.41. The normalized spacial score (nSPS) is 10.8. The highest BCUT2D eigenvalue weighted by Crippen LogP contribution is 2.30. The molecule has 2 aromatic carbocycles. The average Bonchev–Trinajstić information content (AvgIpc) is 3.13. The molecule has 4 aromatic rings. The summed E-state index contributed by atoms with van der Waals surface area (Å²) in [4.78, 5) is 8.53. The zero-order chi connectivity index (χ0) is 17.8. The fourth-order valence-electron chi connectivity index (χ4n) is 2.51. The summed E-state index contributed by atoms with van der Waals surface area (Å²) in [7, 11) is 0. The fraction of sp³-hybridized carbons (Fsp3) is 0.0526. The molecule has 26 heavy (non-hydrogen) atoms. The maximum Gasteiger partial charge on any atom is 0.196 e. The zero-order valence-electron chi connectivity index (χ0n) is 13.7. The van der Waals surface area contributed by atoms with E-state index in [0.29, 0.717) is 11.5 Å². The summed E-state index contributed by atoms with van der Waals surface area (Å²) >= 11 is 5.24. The lowest BCUT2D eigenvalue weighted by molar-refractivity contribution is 0.884.